The lowest BCUT2D eigenvalue weighted by Crippen LogP contribution is -2.25. The Balaban J connectivity index is 1.79. The molecule has 0 aliphatic heterocycles. The van der Waals surface area contributed by atoms with Crippen molar-refractivity contribution in [3.05, 3.63) is 93.9 Å². The van der Waals surface area contributed by atoms with Crippen LogP contribution >= 0.6 is 0 Å². The highest BCUT2D eigenvalue weighted by atomic mass is 16.5. The van der Waals surface area contributed by atoms with Crippen LogP contribution in [0, 0.1) is 0 Å². The first-order valence-electron chi connectivity index (χ1n) is 8.83. The molecule has 2 aromatic carbocycles. The van der Waals surface area contributed by atoms with Gasteiger partial charge in [-0.15, -0.1) is 0 Å². The maximum absolute atomic E-state index is 12.7. The largest absolute Gasteiger partial charge is 0.497 e. The summed E-state index contributed by atoms with van der Waals surface area (Å²) in [6.07, 6.45) is 2.61. The zero-order valence-corrected chi connectivity index (χ0v) is 15.4. The minimum atomic E-state index is -0.297. The minimum absolute atomic E-state index is 0.251. The van der Waals surface area contributed by atoms with E-state index >= 15 is 0 Å². The van der Waals surface area contributed by atoms with Crippen LogP contribution in [0.25, 0.3) is 0 Å². The number of methoxy groups -OCH3 is 1. The van der Waals surface area contributed by atoms with Crippen LogP contribution < -0.4 is 15.6 Å². The van der Waals surface area contributed by atoms with Crippen molar-refractivity contribution in [1.82, 2.24) is 4.57 Å². The predicted octanol–water partition coefficient (Wildman–Crippen LogP) is 3.72. The summed E-state index contributed by atoms with van der Waals surface area (Å²) in [5, 5.41) is 2.72. The molecule has 0 saturated heterocycles. The lowest BCUT2D eigenvalue weighted by atomic mass is 10.1. The number of ether oxygens (including phenoxy) is 1. The van der Waals surface area contributed by atoms with Crippen molar-refractivity contribution in [3.63, 3.8) is 0 Å². The molecular formula is C22H22N2O3. The number of pyridine rings is 1. The third-order valence-electron chi connectivity index (χ3n) is 4.38. The van der Waals surface area contributed by atoms with Crippen LogP contribution in [0.5, 0.6) is 5.75 Å². The number of nitrogens with one attached hydrogen (secondary N) is 1. The lowest BCUT2D eigenvalue weighted by Gasteiger charge is -2.10. The lowest BCUT2D eigenvalue weighted by molar-refractivity contribution is 0.102. The Kier molecular flexibility index (Phi) is 5.71. The fourth-order valence-electron chi connectivity index (χ4n) is 2.81. The van der Waals surface area contributed by atoms with Crippen LogP contribution in [0.1, 0.15) is 28.4 Å². The number of aromatic nitrogens is 1. The fourth-order valence-corrected chi connectivity index (χ4v) is 2.81. The van der Waals surface area contributed by atoms with E-state index in [1.807, 2.05) is 36.4 Å². The van der Waals surface area contributed by atoms with E-state index in [1.165, 1.54) is 0 Å². The van der Waals surface area contributed by atoms with Crippen molar-refractivity contribution in [2.75, 3.05) is 12.4 Å². The van der Waals surface area contributed by atoms with Crippen molar-refractivity contribution in [1.29, 1.82) is 0 Å². The number of aryl methyl sites for hydroxylation is 1. The predicted molar refractivity (Wildman–Crippen MR) is 107 cm³/mol. The number of hydrogen-bond acceptors (Lipinski definition) is 3. The number of hydrogen-bond donors (Lipinski definition) is 1. The van der Waals surface area contributed by atoms with Gasteiger partial charge in [-0.2, -0.15) is 0 Å². The van der Waals surface area contributed by atoms with Gasteiger partial charge in [0.25, 0.3) is 11.5 Å². The van der Waals surface area contributed by atoms with Crippen molar-refractivity contribution in [3.8, 4) is 5.75 Å². The van der Waals surface area contributed by atoms with Gasteiger partial charge >= 0.3 is 0 Å². The second-order valence-corrected chi connectivity index (χ2v) is 6.21. The molecule has 0 atom stereocenters. The molecule has 0 radical (unpaired) electrons. The van der Waals surface area contributed by atoms with Gasteiger partial charge in [0.1, 0.15) is 11.4 Å². The number of nitrogens with zero attached hydrogens (tertiary/aromatic N) is 1. The van der Waals surface area contributed by atoms with Crippen LogP contribution in [0.3, 0.4) is 0 Å². The fraction of sp³-hybridized carbons (Fsp3) is 0.182. The maximum Gasteiger partial charge on any atom is 0.274 e. The SMILES string of the molecule is CCc1ccc(C(=O)Nc2cccn(Cc3cccc(OC)c3)c2=O)cc1. The molecule has 0 spiro atoms. The number of amides is 1. The second-order valence-electron chi connectivity index (χ2n) is 6.21. The standard InChI is InChI=1S/C22H22N2O3/c1-3-16-9-11-18(12-10-16)21(25)23-20-8-5-13-24(22(20)26)15-17-6-4-7-19(14-17)27-2/h4-14H,3,15H2,1-2H3,(H,23,25). The van der Waals surface area contributed by atoms with E-state index in [0.717, 1.165) is 23.3 Å². The maximum atomic E-state index is 12.7. The Morgan fingerprint density at radius 2 is 1.81 bits per heavy atom. The summed E-state index contributed by atoms with van der Waals surface area (Å²) in [6, 6.07) is 18.3. The smallest absolute Gasteiger partial charge is 0.274 e. The minimum Gasteiger partial charge on any atom is -0.497 e. The Morgan fingerprint density at radius 3 is 2.52 bits per heavy atom. The highest BCUT2D eigenvalue weighted by Gasteiger charge is 2.10. The van der Waals surface area contributed by atoms with Gasteiger partial charge in [-0.25, -0.2) is 0 Å². The molecular weight excluding hydrogens is 340 g/mol. The van der Waals surface area contributed by atoms with Crippen LogP contribution in [0.2, 0.25) is 0 Å². The molecule has 5 nitrogen and oxygen atoms in total. The first-order chi connectivity index (χ1) is 13.1. The van der Waals surface area contributed by atoms with Crippen molar-refractivity contribution >= 4 is 11.6 Å². The summed E-state index contributed by atoms with van der Waals surface area (Å²) >= 11 is 0. The highest BCUT2D eigenvalue weighted by Crippen LogP contribution is 2.14. The van der Waals surface area contributed by atoms with Gasteiger partial charge in [-0.1, -0.05) is 31.2 Å². The van der Waals surface area contributed by atoms with Gasteiger partial charge in [0, 0.05) is 11.8 Å². The summed E-state index contributed by atoms with van der Waals surface area (Å²) in [6.45, 7) is 2.45. The molecule has 0 fully saturated rings. The molecule has 1 aromatic heterocycles. The van der Waals surface area contributed by atoms with E-state index in [0.29, 0.717) is 12.1 Å². The molecule has 0 unspecified atom stereocenters. The van der Waals surface area contributed by atoms with Crippen LogP contribution in [-0.2, 0) is 13.0 Å². The van der Waals surface area contributed by atoms with Gasteiger partial charge in [-0.05, 0) is 53.9 Å². The van der Waals surface area contributed by atoms with E-state index in [9.17, 15) is 9.59 Å². The average molecular weight is 362 g/mol. The summed E-state index contributed by atoms with van der Waals surface area (Å²) in [4.78, 5) is 25.2. The number of rotatable bonds is 6. The van der Waals surface area contributed by atoms with E-state index in [-0.39, 0.29) is 17.2 Å². The van der Waals surface area contributed by atoms with Gasteiger partial charge in [0.2, 0.25) is 0 Å². The molecule has 138 valence electrons. The highest BCUT2D eigenvalue weighted by molar-refractivity contribution is 6.04. The Morgan fingerprint density at radius 1 is 1.04 bits per heavy atom. The Hall–Kier alpha value is -3.34. The van der Waals surface area contributed by atoms with E-state index in [4.69, 9.17) is 4.74 Å². The molecule has 5 heteroatoms. The second kappa shape index (κ2) is 8.36. The summed E-state index contributed by atoms with van der Waals surface area (Å²) in [5.41, 5.74) is 2.63. The molecule has 0 saturated carbocycles. The van der Waals surface area contributed by atoms with Crippen molar-refractivity contribution < 1.29 is 9.53 Å². The normalized spacial score (nSPS) is 10.4. The number of carbonyl (C=O) groups excluding carboxylic acids is 1. The molecule has 1 amide bonds. The summed E-state index contributed by atoms with van der Waals surface area (Å²) in [7, 11) is 1.61. The average Bonchev–Trinajstić information content (AvgIpc) is 2.71. The van der Waals surface area contributed by atoms with Crippen molar-refractivity contribution in [2.24, 2.45) is 0 Å². The number of carbonyl (C=O) groups is 1. The number of benzene rings is 2. The number of anilines is 1. The van der Waals surface area contributed by atoms with Gasteiger partial charge < -0.3 is 14.6 Å². The first kappa shape index (κ1) is 18.5. The van der Waals surface area contributed by atoms with Crippen LogP contribution in [0.15, 0.2) is 71.7 Å². The van der Waals surface area contributed by atoms with Crippen molar-refractivity contribution in [2.45, 2.75) is 19.9 Å². The monoisotopic (exact) mass is 362 g/mol. The third-order valence-corrected chi connectivity index (χ3v) is 4.38. The van der Waals surface area contributed by atoms with Crippen LogP contribution in [0.4, 0.5) is 5.69 Å². The molecule has 1 heterocycles. The van der Waals surface area contributed by atoms with E-state index < -0.39 is 0 Å². The van der Waals surface area contributed by atoms with E-state index in [2.05, 4.69) is 12.2 Å². The Bertz CT molecular complexity index is 991. The van der Waals surface area contributed by atoms with Gasteiger partial charge in [0.05, 0.1) is 13.7 Å². The third kappa shape index (κ3) is 4.44. The summed E-state index contributed by atoms with van der Waals surface area (Å²) in [5.74, 6) is 0.439. The molecule has 3 aromatic rings. The Labute approximate surface area is 158 Å². The molecule has 3 rings (SSSR count). The summed E-state index contributed by atoms with van der Waals surface area (Å²) < 4.78 is 6.78. The first-order valence-corrected chi connectivity index (χ1v) is 8.83. The zero-order chi connectivity index (χ0) is 19.2. The molecule has 0 bridgehead atoms. The van der Waals surface area contributed by atoms with Gasteiger partial charge in [0.15, 0.2) is 0 Å². The van der Waals surface area contributed by atoms with E-state index in [1.54, 1.807) is 42.1 Å². The molecule has 0 aliphatic carbocycles. The zero-order valence-electron chi connectivity index (χ0n) is 15.4. The topological polar surface area (TPSA) is 60.3 Å². The molecule has 0 aliphatic rings. The quantitative estimate of drug-likeness (QED) is 0.727. The molecule has 27 heavy (non-hydrogen) atoms. The van der Waals surface area contributed by atoms with Crippen LogP contribution in [-0.4, -0.2) is 17.6 Å². The van der Waals surface area contributed by atoms with Gasteiger partial charge in [-0.3, -0.25) is 9.59 Å². The molecule has 1 N–H and O–H groups in total.